The number of aromatic amines is 1. The zero-order valence-electron chi connectivity index (χ0n) is 5.63. The molecule has 0 fully saturated rings. The third-order valence-electron chi connectivity index (χ3n) is 1.17. The number of nitrogens with zero attached hydrogens (tertiary/aromatic N) is 1. The predicted molar refractivity (Wildman–Crippen MR) is 33.4 cm³/mol. The summed E-state index contributed by atoms with van der Waals surface area (Å²) in [6, 6.07) is 0.532. The van der Waals surface area contributed by atoms with E-state index in [-0.39, 0.29) is 5.59 Å². The van der Waals surface area contributed by atoms with Gasteiger partial charge in [-0.15, -0.1) is 0 Å². The Morgan fingerprint density at radius 1 is 1.42 bits per heavy atom. The summed E-state index contributed by atoms with van der Waals surface area (Å²) in [6.45, 7) is 0. The molecule has 0 aliphatic rings. The van der Waals surface area contributed by atoms with Crippen LogP contribution in [0.1, 0.15) is 5.69 Å². The van der Waals surface area contributed by atoms with Crippen LogP contribution in [0.25, 0.3) is 0 Å². The van der Waals surface area contributed by atoms with Gasteiger partial charge in [0.1, 0.15) is 0 Å². The molecular formula is C4H4BF3N2O2. The minimum absolute atomic E-state index is 0.387. The highest BCUT2D eigenvalue weighted by atomic mass is 19.4. The van der Waals surface area contributed by atoms with E-state index in [4.69, 9.17) is 10.0 Å². The first-order valence-electron chi connectivity index (χ1n) is 2.90. The van der Waals surface area contributed by atoms with E-state index < -0.39 is 19.0 Å². The molecule has 3 N–H and O–H groups in total. The van der Waals surface area contributed by atoms with Crippen LogP contribution in [0.4, 0.5) is 13.2 Å². The first-order chi connectivity index (χ1) is 5.41. The molecule has 0 aliphatic carbocycles. The average molecular weight is 180 g/mol. The third kappa shape index (κ3) is 1.77. The molecule has 1 aromatic heterocycles. The van der Waals surface area contributed by atoms with Crippen molar-refractivity contribution in [2.45, 2.75) is 6.18 Å². The smallest absolute Gasteiger partial charge is 0.422 e. The predicted octanol–water partition coefficient (Wildman–Crippen LogP) is -0.892. The van der Waals surface area contributed by atoms with Crippen LogP contribution in [0.3, 0.4) is 0 Å². The lowest BCUT2D eigenvalue weighted by atomic mass is 9.86. The van der Waals surface area contributed by atoms with Gasteiger partial charge in [-0.25, -0.2) is 0 Å². The molecule has 0 spiro atoms. The van der Waals surface area contributed by atoms with Gasteiger partial charge in [-0.2, -0.15) is 18.3 Å². The van der Waals surface area contributed by atoms with Crippen molar-refractivity contribution in [2.24, 2.45) is 0 Å². The highest BCUT2D eigenvalue weighted by Gasteiger charge is 2.34. The Labute approximate surface area is 65.2 Å². The van der Waals surface area contributed by atoms with E-state index in [9.17, 15) is 13.2 Å². The van der Waals surface area contributed by atoms with Gasteiger partial charge in [0.15, 0.2) is 5.69 Å². The fraction of sp³-hybridized carbons (Fsp3) is 0.250. The Bertz CT molecular complexity index is 272. The zero-order chi connectivity index (χ0) is 9.35. The summed E-state index contributed by atoms with van der Waals surface area (Å²) in [5, 5.41) is 21.5. The molecule has 0 saturated carbocycles. The molecule has 12 heavy (non-hydrogen) atoms. The third-order valence-corrected chi connectivity index (χ3v) is 1.17. The van der Waals surface area contributed by atoms with Crippen molar-refractivity contribution < 1.29 is 23.2 Å². The van der Waals surface area contributed by atoms with E-state index in [1.807, 2.05) is 5.10 Å². The molecule has 0 aromatic carbocycles. The first kappa shape index (κ1) is 9.08. The minimum atomic E-state index is -4.57. The molecule has 0 saturated heterocycles. The molecule has 1 heterocycles. The topological polar surface area (TPSA) is 69.1 Å². The maximum atomic E-state index is 11.8. The highest BCUT2D eigenvalue weighted by Crippen LogP contribution is 2.26. The van der Waals surface area contributed by atoms with E-state index in [1.165, 1.54) is 0 Å². The van der Waals surface area contributed by atoms with Crippen LogP contribution >= 0.6 is 0 Å². The lowest BCUT2D eigenvalue weighted by molar-refractivity contribution is -0.141. The maximum absolute atomic E-state index is 11.8. The number of aromatic nitrogens is 2. The van der Waals surface area contributed by atoms with E-state index in [0.29, 0.717) is 6.07 Å². The molecule has 0 atom stereocenters. The van der Waals surface area contributed by atoms with E-state index in [0.717, 1.165) is 0 Å². The first-order valence-corrected chi connectivity index (χ1v) is 2.90. The van der Waals surface area contributed by atoms with Crippen LogP contribution in [0.5, 0.6) is 0 Å². The summed E-state index contributed by atoms with van der Waals surface area (Å²) in [5.41, 5.74) is -1.56. The molecule has 0 aliphatic heterocycles. The summed E-state index contributed by atoms with van der Waals surface area (Å²) in [6.07, 6.45) is -4.57. The Kier molecular flexibility index (Phi) is 2.11. The van der Waals surface area contributed by atoms with Gasteiger partial charge in [0.25, 0.3) is 0 Å². The van der Waals surface area contributed by atoms with Crippen molar-refractivity contribution >= 4 is 12.7 Å². The molecule has 4 nitrogen and oxygen atoms in total. The molecule has 0 unspecified atom stereocenters. The number of alkyl halides is 3. The SMILES string of the molecule is OB(O)c1cc(C(F)(F)F)n[nH]1. The van der Waals surface area contributed by atoms with Gasteiger partial charge in [0.2, 0.25) is 0 Å². The number of halogens is 3. The highest BCUT2D eigenvalue weighted by molar-refractivity contribution is 6.57. The molecule has 0 amide bonds. The summed E-state index contributed by atoms with van der Waals surface area (Å²) in [5.74, 6) is 0. The summed E-state index contributed by atoms with van der Waals surface area (Å²) < 4.78 is 35.5. The second kappa shape index (κ2) is 2.79. The van der Waals surface area contributed by atoms with Crippen molar-refractivity contribution in [3.8, 4) is 0 Å². The van der Waals surface area contributed by atoms with Gasteiger partial charge in [0.05, 0.1) is 5.59 Å². The lowest BCUT2D eigenvalue weighted by Crippen LogP contribution is -2.30. The number of hydrogen-bond acceptors (Lipinski definition) is 3. The van der Waals surface area contributed by atoms with Gasteiger partial charge in [0, 0.05) is 0 Å². The molecule has 0 bridgehead atoms. The quantitative estimate of drug-likeness (QED) is 0.491. The summed E-state index contributed by atoms with van der Waals surface area (Å²) in [4.78, 5) is 0. The number of rotatable bonds is 1. The number of H-pyrrole nitrogens is 1. The van der Waals surface area contributed by atoms with E-state index in [2.05, 4.69) is 5.10 Å². The molecule has 66 valence electrons. The number of nitrogens with one attached hydrogen (secondary N) is 1. The normalized spacial score (nSPS) is 11.8. The van der Waals surface area contributed by atoms with Crippen molar-refractivity contribution in [1.29, 1.82) is 0 Å². The molecule has 0 radical (unpaired) electrons. The molecule has 1 aromatic rings. The van der Waals surface area contributed by atoms with E-state index >= 15 is 0 Å². The van der Waals surface area contributed by atoms with Gasteiger partial charge >= 0.3 is 13.3 Å². The lowest BCUT2D eigenvalue weighted by Gasteiger charge is -1.98. The van der Waals surface area contributed by atoms with Crippen LogP contribution in [-0.2, 0) is 6.18 Å². The molecular weight excluding hydrogens is 176 g/mol. The van der Waals surface area contributed by atoms with Crippen molar-refractivity contribution in [3.63, 3.8) is 0 Å². The molecule has 8 heteroatoms. The zero-order valence-corrected chi connectivity index (χ0v) is 5.63. The second-order valence-electron chi connectivity index (χ2n) is 2.08. The summed E-state index contributed by atoms with van der Waals surface area (Å²) >= 11 is 0. The fourth-order valence-corrected chi connectivity index (χ4v) is 0.614. The van der Waals surface area contributed by atoms with Crippen molar-refractivity contribution in [1.82, 2.24) is 10.2 Å². The van der Waals surface area contributed by atoms with Crippen LogP contribution in [-0.4, -0.2) is 27.4 Å². The van der Waals surface area contributed by atoms with Gasteiger partial charge < -0.3 is 10.0 Å². The Hall–Kier alpha value is -1.02. The summed E-state index contributed by atoms with van der Waals surface area (Å²) in [7, 11) is -1.96. The van der Waals surface area contributed by atoms with Crippen molar-refractivity contribution in [2.75, 3.05) is 0 Å². The van der Waals surface area contributed by atoms with Gasteiger partial charge in [-0.3, -0.25) is 5.10 Å². The minimum Gasteiger partial charge on any atom is -0.422 e. The monoisotopic (exact) mass is 180 g/mol. The van der Waals surface area contributed by atoms with Gasteiger partial charge in [-0.05, 0) is 6.07 Å². The van der Waals surface area contributed by atoms with Crippen LogP contribution < -0.4 is 5.59 Å². The Morgan fingerprint density at radius 3 is 2.25 bits per heavy atom. The second-order valence-corrected chi connectivity index (χ2v) is 2.08. The Morgan fingerprint density at radius 2 is 2.00 bits per heavy atom. The van der Waals surface area contributed by atoms with Crippen LogP contribution in [0.15, 0.2) is 6.07 Å². The fourth-order valence-electron chi connectivity index (χ4n) is 0.614. The number of hydrogen-bond donors (Lipinski definition) is 3. The average Bonchev–Trinajstić information content (AvgIpc) is 2.30. The Balaban J connectivity index is 2.92. The van der Waals surface area contributed by atoms with Gasteiger partial charge in [-0.1, -0.05) is 0 Å². The van der Waals surface area contributed by atoms with E-state index in [1.54, 1.807) is 0 Å². The van der Waals surface area contributed by atoms with Crippen molar-refractivity contribution in [3.05, 3.63) is 11.8 Å². The van der Waals surface area contributed by atoms with Crippen LogP contribution in [0, 0.1) is 0 Å². The maximum Gasteiger partial charge on any atom is 0.507 e. The largest absolute Gasteiger partial charge is 0.507 e. The standard InChI is InChI=1S/C4H4BF3N2O2/c6-4(7,8)2-1-3(5(11)12)10-9-2/h1,11-12H,(H,9,10). The van der Waals surface area contributed by atoms with Crippen LogP contribution in [0.2, 0.25) is 0 Å². The molecule has 1 rings (SSSR count).